The van der Waals surface area contributed by atoms with Gasteiger partial charge in [-0.25, -0.2) is 9.37 Å². The van der Waals surface area contributed by atoms with Crippen molar-refractivity contribution in [3.05, 3.63) is 180 Å². The molecule has 10 rings (SSSR count). The Bertz CT molecular complexity index is 3420. The van der Waals surface area contributed by atoms with Gasteiger partial charge < -0.3 is 14.0 Å². The molecule has 4 heterocycles. The molecule has 4 aromatic heterocycles. The third kappa shape index (κ3) is 8.40. The van der Waals surface area contributed by atoms with E-state index in [1.807, 2.05) is 60.7 Å². The van der Waals surface area contributed by atoms with Gasteiger partial charge in [-0.15, -0.1) is 42.0 Å². The fraction of sp³-hybridized carbons (Fsp3) is 0.196. The van der Waals surface area contributed by atoms with Gasteiger partial charge >= 0.3 is 0 Å². The second-order valence-corrected chi connectivity index (χ2v) is 17.6. The smallest absolute Gasteiger partial charge is 0.156 e. The second kappa shape index (κ2) is 17.7. The Hall–Kier alpha value is -6.34. The Morgan fingerprint density at radius 3 is 2.16 bits per heavy atom. The third-order valence-electron chi connectivity index (χ3n) is 11.5. The molecule has 6 aromatic carbocycles. The number of pyridine rings is 2. The molecule has 10 aromatic rings. The number of furan rings is 1. The number of aromatic nitrogens is 4. The molecule has 0 aliphatic carbocycles. The van der Waals surface area contributed by atoms with Gasteiger partial charge in [-0.05, 0) is 81.1 Å². The van der Waals surface area contributed by atoms with Gasteiger partial charge in [0.25, 0.3) is 0 Å². The van der Waals surface area contributed by atoms with Crippen LogP contribution in [0.2, 0.25) is 0 Å². The molecule has 64 heavy (non-hydrogen) atoms. The molecule has 0 bridgehead atoms. The summed E-state index contributed by atoms with van der Waals surface area (Å²) in [4.78, 5) is 14.7. The molecule has 5 nitrogen and oxygen atoms in total. The number of aryl methyl sites for hydroxylation is 1. The van der Waals surface area contributed by atoms with Gasteiger partial charge in [0.2, 0.25) is 0 Å². The van der Waals surface area contributed by atoms with Crippen LogP contribution in [0.1, 0.15) is 86.7 Å². The van der Waals surface area contributed by atoms with Crippen molar-refractivity contribution in [1.29, 1.82) is 0 Å². The minimum atomic E-state index is -2.33. The normalized spacial score (nSPS) is 12.6. The molecule has 0 fully saturated rings. The molecule has 0 aliphatic rings. The number of fused-ring (bicyclic) bond motifs is 5. The van der Waals surface area contributed by atoms with E-state index in [0.29, 0.717) is 11.3 Å². The number of para-hydroxylation sites is 2. The number of rotatable bonds is 6. The van der Waals surface area contributed by atoms with Crippen LogP contribution in [0.4, 0.5) is 8.78 Å². The summed E-state index contributed by atoms with van der Waals surface area (Å²) in [6, 6.07) is 45.6. The Morgan fingerprint density at radius 1 is 0.719 bits per heavy atom. The van der Waals surface area contributed by atoms with E-state index < -0.39 is 12.7 Å². The molecule has 0 aliphatic heterocycles. The van der Waals surface area contributed by atoms with Gasteiger partial charge in [-0.1, -0.05) is 145 Å². The minimum absolute atomic E-state index is 0. The Kier molecular flexibility index (Phi) is 11.2. The zero-order valence-electron chi connectivity index (χ0n) is 39.6. The molecule has 0 spiro atoms. The maximum absolute atomic E-state index is 14.1. The second-order valence-electron chi connectivity index (χ2n) is 17.6. The summed E-state index contributed by atoms with van der Waals surface area (Å²) in [5.74, 6) is 0.391. The molecule has 323 valence electrons. The number of imidazole rings is 1. The molecule has 0 saturated heterocycles. The maximum Gasteiger partial charge on any atom is 0.156 e. The van der Waals surface area contributed by atoms with Crippen LogP contribution in [0.3, 0.4) is 0 Å². The first kappa shape index (κ1) is 40.4. The number of nitrogens with zero attached hydrogens (tertiary/aromatic N) is 4. The van der Waals surface area contributed by atoms with Crippen LogP contribution in [0, 0.1) is 30.6 Å². The van der Waals surface area contributed by atoms with Crippen molar-refractivity contribution in [2.24, 2.45) is 0 Å². The first-order valence-corrected chi connectivity index (χ1v) is 21.2. The van der Waals surface area contributed by atoms with Gasteiger partial charge in [-0.3, -0.25) is 9.37 Å². The molecule has 0 atom stereocenters. The van der Waals surface area contributed by atoms with Crippen molar-refractivity contribution >= 4 is 44.0 Å². The molecular weight excluding hydrogens is 975 g/mol. The molecule has 0 amide bonds. The zero-order chi connectivity index (χ0) is 46.7. The van der Waals surface area contributed by atoms with E-state index in [9.17, 15) is 8.78 Å². The van der Waals surface area contributed by atoms with Gasteiger partial charge in [0.15, 0.2) is 5.65 Å². The van der Waals surface area contributed by atoms with Crippen molar-refractivity contribution in [3.8, 4) is 39.5 Å². The van der Waals surface area contributed by atoms with Gasteiger partial charge in [0.05, 0.1) is 22.4 Å². The first-order valence-electron chi connectivity index (χ1n) is 22.7. The molecule has 0 saturated carbocycles. The molecule has 8 heteroatoms. The van der Waals surface area contributed by atoms with E-state index in [0.717, 1.165) is 78.3 Å². The van der Waals surface area contributed by atoms with E-state index in [4.69, 9.17) is 18.5 Å². The Morgan fingerprint density at radius 2 is 1.47 bits per heavy atom. The van der Waals surface area contributed by atoms with E-state index in [-0.39, 0.29) is 54.3 Å². The Balaban J connectivity index is 0.000000234. The standard InChI is InChI=1S/C40H31FN3O.C16H17FN.Ir/c1-23(2)29-13-8-14-30(24(3)4)37(29)44-39(43-35-21-27-10-5-6-17-34(27)42-40(35)44)33-16-9-15-32-31-19-18-26(22-36(31)45-38(32)33)25-11-7-12-28(41)20-25;1-11-5-7-13(14(17)9-11)15-8-6-12(10-18-15)16(2,3)4;/h5-15,17-24H,1-4H3;5-6,8-10H,1-4H3;/q2*-1;/i;1D3;. The summed E-state index contributed by atoms with van der Waals surface area (Å²) in [5, 5.41) is 3.00. The van der Waals surface area contributed by atoms with Crippen molar-refractivity contribution in [2.75, 3.05) is 0 Å². The molecule has 1 radical (unpaired) electrons. The minimum Gasteiger partial charge on any atom is -0.501 e. The summed E-state index contributed by atoms with van der Waals surface area (Å²) in [5.41, 5.74) is 11.6. The van der Waals surface area contributed by atoms with Gasteiger partial charge in [-0.2, -0.15) is 0 Å². The monoisotopic (exact) mass is 1030 g/mol. The molecule has 0 unspecified atom stereocenters. The molecular formula is C56H48F2IrN4O-2. The first-order chi connectivity index (χ1) is 31.5. The summed E-state index contributed by atoms with van der Waals surface area (Å²) in [6.45, 7) is 12.8. The van der Waals surface area contributed by atoms with E-state index >= 15 is 0 Å². The number of halogens is 2. The van der Waals surface area contributed by atoms with Gasteiger partial charge in [0, 0.05) is 52.7 Å². The summed E-state index contributed by atoms with van der Waals surface area (Å²) < 4.78 is 58.8. The van der Waals surface area contributed by atoms with Crippen molar-refractivity contribution in [3.63, 3.8) is 0 Å². The van der Waals surface area contributed by atoms with Crippen LogP contribution >= 0.6 is 0 Å². The number of hydrogen-bond acceptors (Lipinski definition) is 4. The van der Waals surface area contributed by atoms with Crippen molar-refractivity contribution < 1.29 is 37.4 Å². The average Bonchev–Trinajstić information content (AvgIpc) is 3.85. The largest absolute Gasteiger partial charge is 0.501 e. The van der Waals surface area contributed by atoms with Crippen LogP contribution in [0.15, 0.2) is 138 Å². The van der Waals surface area contributed by atoms with Gasteiger partial charge in [0.1, 0.15) is 11.4 Å². The van der Waals surface area contributed by atoms with Crippen molar-refractivity contribution in [2.45, 2.75) is 72.6 Å². The van der Waals surface area contributed by atoms with Crippen LogP contribution in [-0.2, 0) is 25.5 Å². The summed E-state index contributed by atoms with van der Waals surface area (Å²) in [7, 11) is 0. The van der Waals surface area contributed by atoms with Crippen LogP contribution in [-0.4, -0.2) is 19.5 Å². The van der Waals surface area contributed by atoms with Crippen LogP contribution in [0.5, 0.6) is 0 Å². The SMILES string of the molecule is CC(C)c1cccc(C(C)C)c1-n1c(-c2[c-]ccc3c2oc2cc(-c4cccc(F)c4)ccc23)nc2cc3ccccc3nc21.[2H]C([2H])([2H])c1c[c-]c(-c2ccc(C(C)(C)C)cn2)c(F)c1.[Ir]. The van der Waals surface area contributed by atoms with Crippen LogP contribution in [0.25, 0.3) is 83.5 Å². The van der Waals surface area contributed by atoms with E-state index in [2.05, 4.69) is 100 Å². The van der Waals surface area contributed by atoms with E-state index in [1.54, 1.807) is 24.4 Å². The maximum atomic E-state index is 14.1. The fourth-order valence-corrected chi connectivity index (χ4v) is 8.16. The number of benzene rings is 6. The van der Waals surface area contributed by atoms with Crippen LogP contribution < -0.4 is 0 Å². The van der Waals surface area contributed by atoms with Crippen molar-refractivity contribution in [1.82, 2.24) is 19.5 Å². The molecule has 0 N–H and O–H groups in total. The summed E-state index contributed by atoms with van der Waals surface area (Å²) >= 11 is 0. The third-order valence-corrected chi connectivity index (χ3v) is 11.5. The predicted molar refractivity (Wildman–Crippen MR) is 253 cm³/mol. The topological polar surface area (TPSA) is 56.7 Å². The average molecular weight is 1030 g/mol. The Labute approximate surface area is 390 Å². The van der Waals surface area contributed by atoms with E-state index in [1.165, 1.54) is 23.3 Å². The fourth-order valence-electron chi connectivity index (χ4n) is 8.16. The quantitative estimate of drug-likeness (QED) is 0.156. The zero-order valence-corrected chi connectivity index (χ0v) is 39.0. The predicted octanol–water partition coefficient (Wildman–Crippen LogP) is 15.3. The number of hydrogen-bond donors (Lipinski definition) is 0. The summed E-state index contributed by atoms with van der Waals surface area (Å²) in [6.07, 6.45) is 1.71.